The summed E-state index contributed by atoms with van der Waals surface area (Å²) in [5, 5.41) is 3.94. The van der Waals surface area contributed by atoms with Crippen molar-refractivity contribution in [1.29, 1.82) is 0 Å². The van der Waals surface area contributed by atoms with Crippen LogP contribution in [-0.4, -0.2) is 38.1 Å². The molecule has 0 bridgehead atoms. The summed E-state index contributed by atoms with van der Waals surface area (Å²) in [6.45, 7) is 0.798. The monoisotopic (exact) mass is 397 g/mol. The van der Waals surface area contributed by atoms with E-state index in [0.29, 0.717) is 47.7 Å². The van der Waals surface area contributed by atoms with Gasteiger partial charge in [0.15, 0.2) is 23.9 Å². The number of methoxy groups -OCH3 is 1. The third kappa shape index (κ3) is 4.60. The molecule has 0 saturated heterocycles. The Hall–Kier alpha value is -3.68. The van der Waals surface area contributed by atoms with Crippen molar-refractivity contribution in [2.45, 2.75) is 6.61 Å². The first-order valence-corrected chi connectivity index (χ1v) is 8.99. The fraction of sp³-hybridized carbons (Fsp3) is 0.238. The Morgan fingerprint density at radius 2 is 1.86 bits per heavy atom. The maximum atomic E-state index is 11.9. The molecule has 2 heterocycles. The number of hydrogen-bond acceptors (Lipinski definition) is 8. The van der Waals surface area contributed by atoms with Gasteiger partial charge in [0.1, 0.15) is 37.0 Å². The van der Waals surface area contributed by atoms with Crippen molar-refractivity contribution in [2.75, 3.05) is 26.9 Å². The lowest BCUT2D eigenvalue weighted by atomic mass is 10.1. The van der Waals surface area contributed by atoms with E-state index in [1.807, 2.05) is 18.2 Å². The van der Waals surface area contributed by atoms with Crippen molar-refractivity contribution < 1.29 is 33.0 Å². The van der Waals surface area contributed by atoms with E-state index in [2.05, 4.69) is 5.16 Å². The lowest BCUT2D eigenvalue weighted by molar-refractivity contribution is -0.147. The van der Waals surface area contributed by atoms with Crippen molar-refractivity contribution in [2.24, 2.45) is 0 Å². The molecule has 0 unspecified atom stereocenters. The van der Waals surface area contributed by atoms with Crippen LogP contribution in [-0.2, 0) is 16.1 Å². The van der Waals surface area contributed by atoms with Gasteiger partial charge in [-0.15, -0.1) is 0 Å². The van der Waals surface area contributed by atoms with Gasteiger partial charge in [0.2, 0.25) is 0 Å². The van der Waals surface area contributed by atoms with Crippen molar-refractivity contribution in [3.05, 3.63) is 54.2 Å². The molecular formula is C21H19NO7. The summed E-state index contributed by atoms with van der Waals surface area (Å²) in [5.74, 6) is 2.55. The molecule has 150 valence electrons. The topological polar surface area (TPSA) is 89.3 Å². The molecule has 2 aromatic carbocycles. The van der Waals surface area contributed by atoms with E-state index < -0.39 is 5.97 Å². The van der Waals surface area contributed by atoms with Gasteiger partial charge >= 0.3 is 5.97 Å². The van der Waals surface area contributed by atoms with Crippen molar-refractivity contribution >= 4 is 5.97 Å². The van der Waals surface area contributed by atoms with E-state index in [4.69, 9.17) is 28.2 Å². The SMILES string of the molecule is COc1cccc(OCC(=O)OCc2cc(-c3ccc4c(c3)OCCO4)on2)c1. The Morgan fingerprint density at radius 1 is 1.03 bits per heavy atom. The minimum absolute atomic E-state index is 0.0195. The average molecular weight is 397 g/mol. The third-order valence-electron chi connectivity index (χ3n) is 4.16. The maximum Gasteiger partial charge on any atom is 0.344 e. The fourth-order valence-corrected chi connectivity index (χ4v) is 2.74. The normalized spacial score (nSPS) is 12.3. The van der Waals surface area contributed by atoms with Gasteiger partial charge < -0.3 is 28.2 Å². The van der Waals surface area contributed by atoms with Crippen LogP contribution < -0.4 is 18.9 Å². The number of carbonyl (C=O) groups excluding carboxylic acids is 1. The number of aromatic nitrogens is 1. The largest absolute Gasteiger partial charge is 0.497 e. The Morgan fingerprint density at radius 3 is 2.72 bits per heavy atom. The summed E-state index contributed by atoms with van der Waals surface area (Å²) in [6.07, 6.45) is 0. The van der Waals surface area contributed by atoms with Crippen LogP contribution in [0.4, 0.5) is 0 Å². The number of benzene rings is 2. The molecule has 8 heteroatoms. The van der Waals surface area contributed by atoms with Crippen LogP contribution in [0.1, 0.15) is 5.69 Å². The van der Waals surface area contributed by atoms with Gasteiger partial charge in [-0.25, -0.2) is 4.79 Å². The van der Waals surface area contributed by atoms with E-state index in [1.54, 1.807) is 37.4 Å². The molecule has 0 spiro atoms. The van der Waals surface area contributed by atoms with Crippen LogP contribution in [0, 0.1) is 0 Å². The molecule has 0 amide bonds. The quantitative estimate of drug-likeness (QED) is 0.562. The predicted molar refractivity (Wildman–Crippen MR) is 101 cm³/mol. The number of nitrogens with zero attached hydrogens (tertiary/aromatic N) is 1. The summed E-state index contributed by atoms with van der Waals surface area (Å²) in [6, 6.07) is 14.2. The molecule has 1 aromatic heterocycles. The fourth-order valence-electron chi connectivity index (χ4n) is 2.74. The first-order valence-electron chi connectivity index (χ1n) is 8.99. The van der Waals surface area contributed by atoms with Gasteiger partial charge in [-0.2, -0.15) is 0 Å². The van der Waals surface area contributed by atoms with Crippen molar-refractivity contribution in [3.63, 3.8) is 0 Å². The smallest absolute Gasteiger partial charge is 0.344 e. The van der Waals surface area contributed by atoms with Gasteiger partial charge in [0.25, 0.3) is 0 Å². The highest BCUT2D eigenvalue weighted by atomic mass is 16.6. The molecule has 3 aromatic rings. The standard InChI is InChI=1S/C21H19NO7/c1-24-16-3-2-4-17(11-16)27-13-21(23)28-12-15-10-19(29-22-15)14-5-6-18-20(9-14)26-8-7-25-18/h2-6,9-11H,7-8,12-13H2,1H3. The highest BCUT2D eigenvalue weighted by Crippen LogP contribution is 2.34. The molecule has 4 rings (SSSR count). The van der Waals surface area contributed by atoms with Crippen LogP contribution in [0.5, 0.6) is 23.0 Å². The highest BCUT2D eigenvalue weighted by molar-refractivity contribution is 5.71. The lowest BCUT2D eigenvalue weighted by Gasteiger charge is -2.18. The van der Waals surface area contributed by atoms with Gasteiger partial charge in [-0.1, -0.05) is 11.2 Å². The molecule has 0 fully saturated rings. The second-order valence-electron chi connectivity index (χ2n) is 6.17. The molecule has 0 aliphatic carbocycles. The zero-order valence-corrected chi connectivity index (χ0v) is 15.8. The summed E-state index contributed by atoms with van der Waals surface area (Å²) in [4.78, 5) is 11.9. The lowest BCUT2D eigenvalue weighted by Crippen LogP contribution is -2.15. The zero-order valence-electron chi connectivity index (χ0n) is 15.8. The number of esters is 1. The second kappa shape index (κ2) is 8.55. The van der Waals surface area contributed by atoms with E-state index in [0.717, 1.165) is 5.56 Å². The predicted octanol–water partition coefficient (Wildman–Crippen LogP) is 3.24. The van der Waals surface area contributed by atoms with Gasteiger partial charge in [-0.05, 0) is 30.3 Å². The summed E-state index contributed by atoms with van der Waals surface area (Å²) in [7, 11) is 1.56. The second-order valence-corrected chi connectivity index (χ2v) is 6.17. The zero-order chi connectivity index (χ0) is 20.1. The average Bonchev–Trinajstić information content (AvgIpc) is 3.25. The summed E-state index contributed by atoms with van der Waals surface area (Å²) < 4.78 is 32.1. The summed E-state index contributed by atoms with van der Waals surface area (Å²) in [5.41, 5.74) is 1.28. The molecule has 1 aliphatic heterocycles. The van der Waals surface area contributed by atoms with Crippen molar-refractivity contribution in [1.82, 2.24) is 5.16 Å². The first kappa shape index (κ1) is 18.7. The number of fused-ring (bicyclic) bond motifs is 1. The molecular weight excluding hydrogens is 378 g/mol. The summed E-state index contributed by atoms with van der Waals surface area (Å²) >= 11 is 0. The minimum atomic E-state index is -0.517. The maximum absolute atomic E-state index is 11.9. The minimum Gasteiger partial charge on any atom is -0.497 e. The Labute approximate surface area is 166 Å². The molecule has 0 N–H and O–H groups in total. The van der Waals surface area contributed by atoms with Gasteiger partial charge in [0, 0.05) is 17.7 Å². The van der Waals surface area contributed by atoms with Crippen LogP contribution in [0.2, 0.25) is 0 Å². The van der Waals surface area contributed by atoms with Crippen LogP contribution in [0.15, 0.2) is 53.1 Å². The van der Waals surface area contributed by atoms with Gasteiger partial charge in [0.05, 0.1) is 7.11 Å². The third-order valence-corrected chi connectivity index (χ3v) is 4.16. The number of hydrogen-bond donors (Lipinski definition) is 0. The number of rotatable bonds is 7. The van der Waals surface area contributed by atoms with E-state index in [9.17, 15) is 4.79 Å². The number of ether oxygens (including phenoxy) is 5. The van der Waals surface area contributed by atoms with Crippen LogP contribution in [0.25, 0.3) is 11.3 Å². The van der Waals surface area contributed by atoms with Crippen LogP contribution in [0.3, 0.4) is 0 Å². The first-order chi connectivity index (χ1) is 14.2. The van der Waals surface area contributed by atoms with Crippen molar-refractivity contribution in [3.8, 4) is 34.3 Å². The van der Waals surface area contributed by atoms with E-state index in [1.165, 1.54) is 0 Å². The molecule has 29 heavy (non-hydrogen) atoms. The highest BCUT2D eigenvalue weighted by Gasteiger charge is 2.15. The van der Waals surface area contributed by atoms with E-state index >= 15 is 0 Å². The van der Waals surface area contributed by atoms with E-state index in [-0.39, 0.29) is 13.2 Å². The molecule has 1 aliphatic rings. The Bertz CT molecular complexity index is 998. The molecule has 8 nitrogen and oxygen atoms in total. The molecule has 0 saturated carbocycles. The Kier molecular flexibility index (Phi) is 5.51. The number of carbonyl (C=O) groups is 1. The molecule has 0 radical (unpaired) electrons. The van der Waals surface area contributed by atoms with Gasteiger partial charge in [-0.3, -0.25) is 0 Å². The Balaban J connectivity index is 1.30. The molecule has 0 atom stereocenters. The van der Waals surface area contributed by atoms with Crippen LogP contribution >= 0.6 is 0 Å².